The number of halogens is 7. The maximum Gasteiger partial charge on any atom is 0.349 e. The zero-order valence-corrected chi connectivity index (χ0v) is 9.15. The molecule has 0 amide bonds. The Balaban J connectivity index is 3.30. The summed E-state index contributed by atoms with van der Waals surface area (Å²) in [5, 5.41) is -7.95. The molecule has 0 saturated carbocycles. The highest BCUT2D eigenvalue weighted by atomic mass is 35.5. The molecule has 0 N–H and O–H groups in total. The van der Waals surface area contributed by atoms with Crippen molar-refractivity contribution in [2.24, 2.45) is 0 Å². The van der Waals surface area contributed by atoms with Crippen molar-refractivity contribution in [3.05, 3.63) is 34.3 Å². The first-order valence-corrected chi connectivity index (χ1v) is 4.69. The molecule has 0 spiro atoms. The second kappa shape index (κ2) is 4.00. The van der Waals surface area contributed by atoms with Crippen molar-refractivity contribution in [3.8, 4) is 0 Å². The van der Waals surface area contributed by atoms with Gasteiger partial charge in [0.2, 0.25) is 0 Å². The number of hydrogen-bond acceptors (Lipinski definition) is 0. The predicted octanol–water partition coefficient (Wildman–Crippen LogP) is 4.92. The van der Waals surface area contributed by atoms with E-state index in [2.05, 4.69) is 23.2 Å². The molecule has 0 radical (unpaired) electrons. The minimum Gasteiger partial charge on any atom is -0.183 e. The van der Waals surface area contributed by atoms with Crippen LogP contribution in [-0.4, -0.2) is 0 Å². The topological polar surface area (TPSA) is 0 Å². The molecule has 0 nitrogen and oxygen atoms in total. The summed E-state index contributed by atoms with van der Waals surface area (Å²) in [5.74, 6) is 0. The van der Waals surface area contributed by atoms with Gasteiger partial charge in [-0.25, -0.2) is 0 Å². The van der Waals surface area contributed by atoms with Gasteiger partial charge in [-0.1, -0.05) is 17.7 Å². The Labute approximate surface area is 97.7 Å². The summed E-state index contributed by atoms with van der Waals surface area (Å²) in [6.07, 6.45) is 0. The van der Waals surface area contributed by atoms with Crippen LogP contribution >= 0.6 is 34.8 Å². The maximum absolute atomic E-state index is 12.7. The average Bonchev–Trinajstić information content (AvgIpc) is 2.00. The number of rotatable bonds is 2. The maximum atomic E-state index is 12.7. The lowest BCUT2D eigenvalue weighted by molar-refractivity contribution is 0.0879. The molecular weight excluding hydrogens is 278 g/mol. The monoisotopic (exact) mass is 280 g/mol. The highest BCUT2D eigenvalue weighted by Gasteiger charge is 2.35. The van der Waals surface area contributed by atoms with Gasteiger partial charge in [0, 0.05) is 5.56 Å². The molecule has 0 fully saturated rings. The normalized spacial score (nSPS) is 13.0. The molecule has 0 aromatic heterocycles. The van der Waals surface area contributed by atoms with Crippen molar-refractivity contribution in [2.45, 2.75) is 10.8 Å². The van der Waals surface area contributed by atoms with Crippen LogP contribution < -0.4 is 0 Å². The van der Waals surface area contributed by atoms with Crippen molar-refractivity contribution >= 4 is 34.8 Å². The smallest absolute Gasteiger partial charge is 0.183 e. The standard InChI is InChI=1S/C8H3Cl3F4/c9-6-2-1-4(7(10,12)13)3-5(6)8(11,14)15/h1-3H. The van der Waals surface area contributed by atoms with Crippen molar-refractivity contribution in [1.82, 2.24) is 0 Å². The third kappa shape index (κ3) is 3.13. The van der Waals surface area contributed by atoms with Crippen molar-refractivity contribution in [3.63, 3.8) is 0 Å². The van der Waals surface area contributed by atoms with E-state index in [1.165, 1.54) is 0 Å². The van der Waals surface area contributed by atoms with E-state index in [1.54, 1.807) is 0 Å². The lowest BCUT2D eigenvalue weighted by atomic mass is 10.1. The van der Waals surface area contributed by atoms with Crippen LogP contribution in [0.25, 0.3) is 0 Å². The summed E-state index contributed by atoms with van der Waals surface area (Å²) in [5.41, 5.74) is -1.69. The Hall–Kier alpha value is -0.190. The van der Waals surface area contributed by atoms with E-state index in [-0.39, 0.29) is 0 Å². The fourth-order valence-electron chi connectivity index (χ4n) is 0.919. The number of benzene rings is 1. The Morgan fingerprint density at radius 3 is 1.87 bits per heavy atom. The molecule has 0 bridgehead atoms. The molecule has 0 aliphatic rings. The van der Waals surface area contributed by atoms with Crippen LogP contribution in [0.3, 0.4) is 0 Å². The predicted molar refractivity (Wildman–Crippen MR) is 50.9 cm³/mol. The fraction of sp³-hybridized carbons (Fsp3) is 0.250. The van der Waals surface area contributed by atoms with Crippen LogP contribution in [0, 0.1) is 0 Å². The van der Waals surface area contributed by atoms with Gasteiger partial charge >= 0.3 is 10.8 Å². The lowest BCUT2D eigenvalue weighted by Gasteiger charge is -2.14. The van der Waals surface area contributed by atoms with E-state index in [0.29, 0.717) is 6.07 Å². The summed E-state index contributed by atoms with van der Waals surface area (Å²) < 4.78 is 50.5. The Morgan fingerprint density at radius 2 is 1.47 bits per heavy atom. The summed E-state index contributed by atoms with van der Waals surface area (Å²) in [6, 6.07) is 2.21. The molecule has 0 atom stereocenters. The molecular formula is C8H3Cl3F4. The van der Waals surface area contributed by atoms with Gasteiger partial charge in [0.15, 0.2) is 0 Å². The third-order valence-corrected chi connectivity index (χ3v) is 2.35. The summed E-state index contributed by atoms with van der Waals surface area (Å²) in [6.45, 7) is 0. The van der Waals surface area contributed by atoms with Gasteiger partial charge in [0.05, 0.1) is 10.6 Å². The first-order valence-electron chi connectivity index (χ1n) is 3.56. The van der Waals surface area contributed by atoms with Gasteiger partial charge in [-0.3, -0.25) is 0 Å². The first-order chi connectivity index (χ1) is 6.62. The zero-order chi connectivity index (χ0) is 11.9. The minimum atomic E-state index is -3.81. The molecule has 15 heavy (non-hydrogen) atoms. The van der Waals surface area contributed by atoms with Crippen LogP contribution in [0.15, 0.2) is 18.2 Å². The van der Waals surface area contributed by atoms with Gasteiger partial charge in [0.25, 0.3) is 0 Å². The molecule has 7 heteroatoms. The van der Waals surface area contributed by atoms with Gasteiger partial charge < -0.3 is 0 Å². The summed E-state index contributed by atoms with van der Waals surface area (Å²) in [4.78, 5) is 0. The van der Waals surface area contributed by atoms with E-state index in [9.17, 15) is 17.6 Å². The molecule has 1 rings (SSSR count). The van der Waals surface area contributed by atoms with Gasteiger partial charge in [-0.2, -0.15) is 17.6 Å². The largest absolute Gasteiger partial charge is 0.349 e. The lowest BCUT2D eigenvalue weighted by Crippen LogP contribution is -2.09. The van der Waals surface area contributed by atoms with Crippen LogP contribution in [0.4, 0.5) is 17.6 Å². The molecule has 84 valence electrons. The molecule has 1 aromatic carbocycles. The Bertz CT molecular complexity index is 367. The van der Waals surface area contributed by atoms with Crippen LogP contribution in [0.5, 0.6) is 0 Å². The highest BCUT2D eigenvalue weighted by Crippen LogP contribution is 2.41. The first kappa shape index (κ1) is 12.9. The quantitative estimate of drug-likeness (QED) is 0.533. The molecule has 0 aliphatic heterocycles. The number of hydrogen-bond donors (Lipinski definition) is 0. The fourth-order valence-corrected chi connectivity index (χ4v) is 1.48. The highest BCUT2D eigenvalue weighted by molar-refractivity contribution is 6.33. The molecule has 0 heterocycles. The summed E-state index contributed by atoms with van der Waals surface area (Å²) >= 11 is 14.7. The van der Waals surface area contributed by atoms with E-state index in [1.807, 2.05) is 0 Å². The van der Waals surface area contributed by atoms with Crippen molar-refractivity contribution in [1.29, 1.82) is 0 Å². The van der Waals surface area contributed by atoms with Crippen molar-refractivity contribution in [2.75, 3.05) is 0 Å². The van der Waals surface area contributed by atoms with Gasteiger partial charge in [-0.15, -0.1) is 0 Å². The SMILES string of the molecule is FC(F)(Cl)c1ccc(Cl)c(C(F)(F)Cl)c1. The number of alkyl halides is 6. The molecule has 0 saturated heterocycles. The van der Waals surface area contributed by atoms with E-state index in [0.717, 1.165) is 12.1 Å². The molecule has 1 aromatic rings. The van der Waals surface area contributed by atoms with E-state index in [4.69, 9.17) is 11.6 Å². The van der Waals surface area contributed by atoms with Gasteiger partial charge in [-0.05, 0) is 35.3 Å². The average molecular weight is 281 g/mol. The van der Waals surface area contributed by atoms with Crippen LogP contribution in [-0.2, 0) is 10.8 Å². The van der Waals surface area contributed by atoms with Gasteiger partial charge in [0.1, 0.15) is 0 Å². The molecule has 0 aliphatic carbocycles. The minimum absolute atomic E-state index is 0.403. The Morgan fingerprint density at radius 1 is 0.933 bits per heavy atom. The van der Waals surface area contributed by atoms with E-state index >= 15 is 0 Å². The Kier molecular flexibility index (Phi) is 3.43. The zero-order valence-electron chi connectivity index (χ0n) is 6.88. The van der Waals surface area contributed by atoms with Crippen LogP contribution in [0.1, 0.15) is 11.1 Å². The van der Waals surface area contributed by atoms with E-state index < -0.39 is 26.9 Å². The summed E-state index contributed by atoms with van der Waals surface area (Å²) in [7, 11) is 0. The molecule has 0 unspecified atom stereocenters. The second-order valence-electron chi connectivity index (χ2n) is 2.69. The third-order valence-electron chi connectivity index (χ3n) is 1.60. The van der Waals surface area contributed by atoms with Crippen molar-refractivity contribution < 1.29 is 17.6 Å². The van der Waals surface area contributed by atoms with Crippen LogP contribution in [0.2, 0.25) is 5.02 Å². The second-order valence-corrected chi connectivity index (χ2v) is 4.05.